The van der Waals surface area contributed by atoms with Gasteiger partial charge in [0.05, 0.1) is 5.69 Å². The lowest BCUT2D eigenvalue weighted by molar-refractivity contribution is 0.262. The number of hydrogen-bond acceptors (Lipinski definition) is 3. The summed E-state index contributed by atoms with van der Waals surface area (Å²) in [4.78, 5) is -0.381. The third-order valence-electron chi connectivity index (χ3n) is 3.87. The van der Waals surface area contributed by atoms with Crippen molar-refractivity contribution in [2.75, 3.05) is 18.8 Å². The molecule has 0 amide bonds. The van der Waals surface area contributed by atoms with Crippen molar-refractivity contribution in [3.8, 4) is 0 Å². The molecule has 1 aliphatic heterocycles. The zero-order chi connectivity index (χ0) is 14.8. The van der Waals surface area contributed by atoms with E-state index in [1.165, 1.54) is 16.4 Å². The van der Waals surface area contributed by atoms with Crippen LogP contribution in [-0.2, 0) is 10.0 Å². The summed E-state index contributed by atoms with van der Waals surface area (Å²) in [5, 5.41) is 0. The molecule has 1 aliphatic rings. The lowest BCUT2D eigenvalue weighted by Crippen LogP contribution is -2.39. The van der Waals surface area contributed by atoms with Crippen molar-refractivity contribution in [1.29, 1.82) is 0 Å². The van der Waals surface area contributed by atoms with Crippen LogP contribution in [0.4, 0.5) is 10.1 Å². The number of halogens is 1. The molecule has 1 aromatic carbocycles. The fourth-order valence-corrected chi connectivity index (χ4v) is 4.40. The van der Waals surface area contributed by atoms with Crippen molar-refractivity contribution >= 4 is 15.7 Å². The Morgan fingerprint density at radius 1 is 1.35 bits per heavy atom. The smallest absolute Gasteiger partial charge is 0.248 e. The highest BCUT2D eigenvalue weighted by Crippen LogP contribution is 2.30. The maximum atomic E-state index is 13.8. The molecule has 1 saturated heterocycles. The molecule has 4 nitrogen and oxygen atoms in total. The monoisotopic (exact) mass is 300 g/mol. The SMILES string of the molecule is CCCC1CCN(S(=O)(=O)c2c(N)cccc2F)CC1. The number of rotatable bonds is 4. The Balaban J connectivity index is 2.20. The lowest BCUT2D eigenvalue weighted by atomic mass is 9.94. The van der Waals surface area contributed by atoms with Crippen LogP contribution in [0.15, 0.2) is 23.1 Å². The van der Waals surface area contributed by atoms with Crippen molar-refractivity contribution in [2.45, 2.75) is 37.5 Å². The molecule has 0 bridgehead atoms. The van der Waals surface area contributed by atoms with Gasteiger partial charge in [-0.25, -0.2) is 12.8 Å². The Hall–Kier alpha value is -1.14. The molecule has 0 atom stereocenters. The first-order valence-electron chi connectivity index (χ1n) is 7.01. The highest BCUT2D eigenvalue weighted by atomic mass is 32.2. The summed E-state index contributed by atoms with van der Waals surface area (Å²) >= 11 is 0. The van der Waals surface area contributed by atoms with Gasteiger partial charge < -0.3 is 5.73 Å². The Kier molecular flexibility index (Phi) is 4.65. The fraction of sp³-hybridized carbons (Fsp3) is 0.571. The van der Waals surface area contributed by atoms with E-state index in [0.29, 0.717) is 19.0 Å². The molecule has 20 heavy (non-hydrogen) atoms. The predicted octanol–water partition coefficient (Wildman–Crippen LogP) is 2.61. The molecule has 1 aromatic rings. The van der Waals surface area contributed by atoms with Gasteiger partial charge in [0.15, 0.2) is 0 Å². The van der Waals surface area contributed by atoms with Gasteiger partial charge in [0, 0.05) is 13.1 Å². The van der Waals surface area contributed by atoms with Crippen molar-refractivity contribution in [3.05, 3.63) is 24.0 Å². The van der Waals surface area contributed by atoms with Crippen LogP contribution in [0.2, 0.25) is 0 Å². The Labute approximate surface area is 119 Å². The summed E-state index contributed by atoms with van der Waals surface area (Å²) in [6.45, 7) is 3.02. The van der Waals surface area contributed by atoms with E-state index in [1.807, 2.05) is 0 Å². The molecular formula is C14H21FN2O2S. The first-order chi connectivity index (χ1) is 9.46. The minimum atomic E-state index is -3.83. The summed E-state index contributed by atoms with van der Waals surface area (Å²) < 4.78 is 40.2. The molecule has 1 fully saturated rings. The molecule has 0 unspecified atom stereocenters. The molecule has 112 valence electrons. The molecule has 6 heteroatoms. The number of nitrogen functional groups attached to an aromatic ring is 1. The molecule has 0 radical (unpaired) electrons. The van der Waals surface area contributed by atoms with E-state index < -0.39 is 15.8 Å². The van der Waals surface area contributed by atoms with Crippen LogP contribution >= 0.6 is 0 Å². The van der Waals surface area contributed by atoms with E-state index in [-0.39, 0.29) is 10.6 Å². The molecule has 2 N–H and O–H groups in total. The zero-order valence-electron chi connectivity index (χ0n) is 11.7. The number of nitrogens with zero attached hydrogens (tertiary/aromatic N) is 1. The summed E-state index contributed by atoms with van der Waals surface area (Å²) in [5.41, 5.74) is 5.62. The summed E-state index contributed by atoms with van der Waals surface area (Å²) in [7, 11) is -3.83. The van der Waals surface area contributed by atoms with Crippen LogP contribution in [0, 0.1) is 11.7 Å². The highest BCUT2D eigenvalue weighted by Gasteiger charge is 2.32. The number of nitrogens with two attached hydrogens (primary N) is 1. The topological polar surface area (TPSA) is 63.4 Å². The second kappa shape index (κ2) is 6.10. The minimum absolute atomic E-state index is 0.0271. The van der Waals surface area contributed by atoms with E-state index >= 15 is 0 Å². The molecule has 0 saturated carbocycles. The minimum Gasteiger partial charge on any atom is -0.398 e. The average molecular weight is 300 g/mol. The molecule has 0 aliphatic carbocycles. The Morgan fingerprint density at radius 2 is 2.00 bits per heavy atom. The van der Waals surface area contributed by atoms with Crippen LogP contribution in [0.5, 0.6) is 0 Å². The van der Waals surface area contributed by atoms with Gasteiger partial charge in [-0.2, -0.15) is 4.31 Å². The first-order valence-corrected chi connectivity index (χ1v) is 8.45. The third kappa shape index (κ3) is 2.96. The van der Waals surface area contributed by atoms with Gasteiger partial charge in [0.25, 0.3) is 0 Å². The van der Waals surface area contributed by atoms with E-state index in [2.05, 4.69) is 6.92 Å². The predicted molar refractivity (Wildman–Crippen MR) is 77.2 cm³/mol. The molecule has 1 heterocycles. The maximum Gasteiger partial charge on any atom is 0.248 e. The Bertz CT molecular complexity index is 546. The van der Waals surface area contributed by atoms with Crippen LogP contribution in [0.25, 0.3) is 0 Å². The van der Waals surface area contributed by atoms with Crippen molar-refractivity contribution < 1.29 is 12.8 Å². The van der Waals surface area contributed by atoms with Crippen LogP contribution < -0.4 is 5.73 Å². The Morgan fingerprint density at radius 3 is 2.55 bits per heavy atom. The van der Waals surface area contributed by atoms with Crippen LogP contribution in [0.1, 0.15) is 32.6 Å². The maximum absolute atomic E-state index is 13.8. The van der Waals surface area contributed by atoms with Gasteiger partial charge in [0.1, 0.15) is 10.7 Å². The number of anilines is 1. The van der Waals surface area contributed by atoms with Crippen LogP contribution in [-0.4, -0.2) is 25.8 Å². The quantitative estimate of drug-likeness (QED) is 0.869. The van der Waals surface area contributed by atoms with Crippen molar-refractivity contribution in [2.24, 2.45) is 5.92 Å². The first kappa shape index (κ1) is 15.3. The second-order valence-corrected chi connectivity index (χ2v) is 7.17. The van der Waals surface area contributed by atoms with E-state index in [9.17, 15) is 12.8 Å². The third-order valence-corrected chi connectivity index (χ3v) is 5.86. The largest absolute Gasteiger partial charge is 0.398 e. The van der Waals surface area contributed by atoms with E-state index in [0.717, 1.165) is 31.7 Å². The van der Waals surface area contributed by atoms with Gasteiger partial charge in [-0.3, -0.25) is 0 Å². The molecular weight excluding hydrogens is 279 g/mol. The van der Waals surface area contributed by atoms with Gasteiger partial charge in [-0.05, 0) is 30.9 Å². The summed E-state index contributed by atoms with van der Waals surface area (Å²) in [6.07, 6.45) is 3.90. The van der Waals surface area contributed by atoms with E-state index in [4.69, 9.17) is 5.73 Å². The summed E-state index contributed by atoms with van der Waals surface area (Å²) in [5.74, 6) is -0.204. The number of hydrogen-bond donors (Lipinski definition) is 1. The van der Waals surface area contributed by atoms with Crippen LogP contribution in [0.3, 0.4) is 0 Å². The van der Waals surface area contributed by atoms with Gasteiger partial charge >= 0.3 is 0 Å². The fourth-order valence-electron chi connectivity index (χ4n) is 2.77. The zero-order valence-corrected chi connectivity index (χ0v) is 12.5. The highest BCUT2D eigenvalue weighted by molar-refractivity contribution is 7.89. The molecule has 2 rings (SSSR count). The molecule has 0 spiro atoms. The van der Waals surface area contributed by atoms with Gasteiger partial charge in [-0.15, -0.1) is 0 Å². The van der Waals surface area contributed by atoms with Gasteiger partial charge in [-0.1, -0.05) is 25.8 Å². The van der Waals surface area contributed by atoms with Crippen molar-refractivity contribution in [1.82, 2.24) is 4.31 Å². The summed E-state index contributed by atoms with van der Waals surface area (Å²) in [6, 6.07) is 3.96. The van der Waals surface area contributed by atoms with E-state index in [1.54, 1.807) is 0 Å². The average Bonchev–Trinajstić information content (AvgIpc) is 2.39. The standard InChI is InChI=1S/C14H21FN2O2S/c1-2-4-11-7-9-17(10-8-11)20(18,19)14-12(15)5-3-6-13(14)16/h3,5-6,11H,2,4,7-10,16H2,1H3. The number of benzene rings is 1. The van der Waals surface area contributed by atoms with Gasteiger partial charge in [0.2, 0.25) is 10.0 Å². The normalized spacial score (nSPS) is 18.3. The van der Waals surface area contributed by atoms with Crippen molar-refractivity contribution in [3.63, 3.8) is 0 Å². The molecule has 0 aromatic heterocycles. The number of sulfonamides is 1. The lowest BCUT2D eigenvalue weighted by Gasteiger charge is -2.31. The second-order valence-electron chi connectivity index (χ2n) is 5.29. The number of piperidine rings is 1.